The number of carbonyl (C=O) groups is 2. The van der Waals surface area contributed by atoms with Gasteiger partial charge in [-0.25, -0.2) is 4.79 Å². The second-order valence-corrected chi connectivity index (χ2v) is 4.53. The number of nitrogens with zero attached hydrogens (tertiary/aromatic N) is 1. The summed E-state index contributed by atoms with van der Waals surface area (Å²) in [7, 11) is 1.77. The molecule has 106 valence electrons. The van der Waals surface area contributed by atoms with Gasteiger partial charge >= 0.3 is 6.03 Å². The Morgan fingerprint density at radius 1 is 1.39 bits per heavy atom. The number of imide groups is 1. The smallest absolute Gasteiger partial charge is 0.321 e. The molecule has 0 saturated heterocycles. The van der Waals surface area contributed by atoms with E-state index >= 15 is 0 Å². The number of urea groups is 1. The van der Waals surface area contributed by atoms with Crippen LogP contribution in [0, 0.1) is 0 Å². The lowest BCUT2D eigenvalue weighted by Crippen LogP contribution is -2.44. The fraction of sp³-hybridized carbons (Fsp3) is 0.833. The molecule has 0 bridgehead atoms. The topological polar surface area (TPSA) is 81.7 Å². The van der Waals surface area contributed by atoms with Crippen molar-refractivity contribution in [1.82, 2.24) is 15.5 Å². The number of nitrogens with one attached hydrogen (secondary N) is 2. The number of aliphatic hydroxyl groups is 1. The molecule has 1 unspecified atom stereocenters. The van der Waals surface area contributed by atoms with Crippen molar-refractivity contribution in [2.24, 2.45) is 0 Å². The number of carbonyl (C=O) groups excluding carboxylic acids is 2. The Hall–Kier alpha value is -1.14. The molecule has 0 aliphatic carbocycles. The van der Waals surface area contributed by atoms with E-state index in [1.54, 1.807) is 18.9 Å². The summed E-state index contributed by atoms with van der Waals surface area (Å²) in [4.78, 5) is 24.5. The summed E-state index contributed by atoms with van der Waals surface area (Å²) >= 11 is 0. The number of aliphatic hydroxyl groups excluding tert-OH is 1. The predicted octanol–water partition coefficient (Wildman–Crippen LogP) is 0.315. The number of hydrogen-bond donors (Lipinski definition) is 3. The molecule has 0 aromatic heterocycles. The van der Waals surface area contributed by atoms with Crippen LogP contribution < -0.4 is 10.6 Å². The Morgan fingerprint density at radius 3 is 2.61 bits per heavy atom. The molecule has 6 nitrogen and oxygen atoms in total. The minimum atomic E-state index is -0.447. The number of amides is 3. The lowest BCUT2D eigenvalue weighted by atomic mass is 10.3. The molecule has 0 rings (SSSR count). The number of unbranched alkanes of at least 4 members (excludes halogenated alkanes) is 1. The highest BCUT2D eigenvalue weighted by molar-refractivity contribution is 5.95. The maximum Gasteiger partial charge on any atom is 0.321 e. The highest BCUT2D eigenvalue weighted by Crippen LogP contribution is 1.92. The first-order valence-electron chi connectivity index (χ1n) is 6.40. The second-order valence-electron chi connectivity index (χ2n) is 4.53. The maximum absolute atomic E-state index is 11.5. The van der Waals surface area contributed by atoms with Gasteiger partial charge in [-0.2, -0.15) is 0 Å². The normalized spacial score (nSPS) is 12.3. The standard InChI is InChI=1S/C12H25N3O3/c1-4-5-7-13-12(18)14-11(17)9-15(3)8-6-10(2)16/h10,16H,4-9H2,1-3H3,(H2,13,14,17,18). The number of hydrogen-bond acceptors (Lipinski definition) is 4. The molecule has 0 saturated carbocycles. The quantitative estimate of drug-likeness (QED) is 0.548. The third kappa shape index (κ3) is 10.0. The van der Waals surface area contributed by atoms with Gasteiger partial charge in [0.05, 0.1) is 12.6 Å². The SMILES string of the molecule is CCCCNC(=O)NC(=O)CN(C)CCC(C)O. The van der Waals surface area contributed by atoms with E-state index in [-0.39, 0.29) is 18.6 Å². The van der Waals surface area contributed by atoms with Crippen molar-refractivity contribution in [3.8, 4) is 0 Å². The van der Waals surface area contributed by atoms with Crippen LogP contribution in [-0.4, -0.2) is 54.7 Å². The zero-order valence-electron chi connectivity index (χ0n) is 11.5. The van der Waals surface area contributed by atoms with Gasteiger partial charge in [0.1, 0.15) is 0 Å². The molecule has 0 aliphatic heterocycles. The Morgan fingerprint density at radius 2 is 2.06 bits per heavy atom. The molecule has 0 radical (unpaired) electrons. The molecule has 0 aromatic rings. The first-order chi connectivity index (χ1) is 8.45. The van der Waals surface area contributed by atoms with Gasteiger partial charge in [-0.3, -0.25) is 15.0 Å². The fourth-order valence-electron chi connectivity index (χ4n) is 1.32. The van der Waals surface area contributed by atoms with E-state index in [9.17, 15) is 9.59 Å². The van der Waals surface area contributed by atoms with Crippen LogP contribution in [0.25, 0.3) is 0 Å². The van der Waals surface area contributed by atoms with Gasteiger partial charge in [0.25, 0.3) is 0 Å². The van der Waals surface area contributed by atoms with Crippen molar-refractivity contribution in [2.45, 2.75) is 39.2 Å². The van der Waals surface area contributed by atoms with Crippen LogP contribution in [0.2, 0.25) is 0 Å². The van der Waals surface area contributed by atoms with Crippen molar-refractivity contribution >= 4 is 11.9 Å². The summed E-state index contributed by atoms with van der Waals surface area (Å²) in [5.74, 6) is -0.336. The summed E-state index contributed by atoms with van der Waals surface area (Å²) < 4.78 is 0. The minimum Gasteiger partial charge on any atom is -0.393 e. The van der Waals surface area contributed by atoms with E-state index < -0.39 is 6.03 Å². The van der Waals surface area contributed by atoms with E-state index in [0.29, 0.717) is 19.5 Å². The van der Waals surface area contributed by atoms with Gasteiger partial charge in [0.15, 0.2) is 0 Å². The van der Waals surface area contributed by atoms with Gasteiger partial charge in [0, 0.05) is 13.1 Å². The van der Waals surface area contributed by atoms with Crippen molar-refractivity contribution in [3.63, 3.8) is 0 Å². The van der Waals surface area contributed by atoms with Gasteiger partial charge in [-0.15, -0.1) is 0 Å². The van der Waals surface area contributed by atoms with Gasteiger partial charge in [0.2, 0.25) is 5.91 Å². The molecule has 0 heterocycles. The second kappa shape index (κ2) is 9.85. The van der Waals surface area contributed by atoms with Crippen LogP contribution in [0.5, 0.6) is 0 Å². The summed E-state index contributed by atoms with van der Waals surface area (Å²) in [5.41, 5.74) is 0. The average molecular weight is 259 g/mol. The summed E-state index contributed by atoms with van der Waals surface area (Å²) in [6.07, 6.45) is 2.12. The van der Waals surface area contributed by atoms with Gasteiger partial charge < -0.3 is 10.4 Å². The third-order valence-corrected chi connectivity index (χ3v) is 2.41. The molecule has 0 fully saturated rings. The van der Waals surface area contributed by atoms with E-state index in [1.165, 1.54) is 0 Å². The Labute approximate surface area is 109 Å². The molecule has 6 heteroatoms. The molecule has 3 amide bonds. The lowest BCUT2D eigenvalue weighted by Gasteiger charge is -2.16. The van der Waals surface area contributed by atoms with E-state index in [4.69, 9.17) is 5.11 Å². The molecule has 0 aliphatic rings. The summed E-state index contributed by atoms with van der Waals surface area (Å²) in [5, 5.41) is 14.0. The predicted molar refractivity (Wildman–Crippen MR) is 70.2 cm³/mol. The molecular formula is C12H25N3O3. The zero-order valence-corrected chi connectivity index (χ0v) is 11.5. The first kappa shape index (κ1) is 16.9. The third-order valence-electron chi connectivity index (χ3n) is 2.41. The Balaban J connectivity index is 3.71. The van der Waals surface area contributed by atoms with Gasteiger partial charge in [-0.05, 0) is 26.8 Å². The van der Waals surface area contributed by atoms with Gasteiger partial charge in [-0.1, -0.05) is 13.3 Å². The van der Waals surface area contributed by atoms with Crippen LogP contribution in [0.3, 0.4) is 0 Å². The maximum atomic E-state index is 11.5. The van der Waals surface area contributed by atoms with Crippen LogP contribution in [0.4, 0.5) is 4.79 Å². The fourth-order valence-corrected chi connectivity index (χ4v) is 1.32. The molecule has 1 atom stereocenters. The van der Waals surface area contributed by atoms with Crippen molar-refractivity contribution in [2.75, 3.05) is 26.7 Å². The zero-order chi connectivity index (χ0) is 14.0. The highest BCUT2D eigenvalue weighted by atomic mass is 16.3. The molecule has 0 aromatic carbocycles. The van der Waals surface area contributed by atoms with Crippen LogP contribution in [0.15, 0.2) is 0 Å². The molecule has 18 heavy (non-hydrogen) atoms. The number of rotatable bonds is 8. The van der Waals surface area contributed by atoms with Crippen LogP contribution in [0.1, 0.15) is 33.1 Å². The van der Waals surface area contributed by atoms with E-state index in [1.807, 2.05) is 6.92 Å². The van der Waals surface area contributed by atoms with Crippen LogP contribution >= 0.6 is 0 Å². The minimum absolute atomic E-state index is 0.147. The summed E-state index contributed by atoms with van der Waals surface area (Å²) in [6, 6.07) is -0.447. The average Bonchev–Trinajstić information content (AvgIpc) is 2.26. The van der Waals surface area contributed by atoms with E-state index in [0.717, 1.165) is 12.8 Å². The van der Waals surface area contributed by atoms with Crippen molar-refractivity contribution in [3.05, 3.63) is 0 Å². The van der Waals surface area contributed by atoms with E-state index in [2.05, 4.69) is 10.6 Å². The molecule has 3 N–H and O–H groups in total. The molecular weight excluding hydrogens is 234 g/mol. The highest BCUT2D eigenvalue weighted by Gasteiger charge is 2.10. The first-order valence-corrected chi connectivity index (χ1v) is 6.40. The van der Waals surface area contributed by atoms with Crippen molar-refractivity contribution < 1.29 is 14.7 Å². The monoisotopic (exact) mass is 259 g/mol. The Kier molecular flexibility index (Phi) is 9.22. The van der Waals surface area contributed by atoms with Crippen molar-refractivity contribution in [1.29, 1.82) is 0 Å². The van der Waals surface area contributed by atoms with Crippen LogP contribution in [-0.2, 0) is 4.79 Å². The summed E-state index contributed by atoms with van der Waals surface area (Å²) in [6.45, 7) is 5.07. The largest absolute Gasteiger partial charge is 0.393 e. The number of likely N-dealkylation sites (N-methyl/N-ethyl adjacent to an activating group) is 1. The Bertz CT molecular complexity index is 257. The lowest BCUT2D eigenvalue weighted by molar-refractivity contribution is -0.120. The molecule has 0 spiro atoms.